The summed E-state index contributed by atoms with van der Waals surface area (Å²) in [5.74, 6) is 0.905. The Balaban J connectivity index is 2.08. The van der Waals surface area contributed by atoms with E-state index in [0.29, 0.717) is 0 Å². The topological polar surface area (TPSA) is 59.8 Å². The third-order valence-electron chi connectivity index (χ3n) is 2.86. The zero-order valence-corrected chi connectivity index (χ0v) is 8.97. The van der Waals surface area contributed by atoms with E-state index < -0.39 is 0 Å². The van der Waals surface area contributed by atoms with Gasteiger partial charge in [-0.05, 0) is 18.6 Å². The molecule has 1 atom stereocenters. The summed E-state index contributed by atoms with van der Waals surface area (Å²) in [4.78, 5) is 19.9. The summed E-state index contributed by atoms with van der Waals surface area (Å²) in [6.45, 7) is 2.40. The molecular weight excluding hydrogens is 204 g/mol. The van der Waals surface area contributed by atoms with Gasteiger partial charge < -0.3 is 9.88 Å². The van der Waals surface area contributed by atoms with Crippen LogP contribution < -0.4 is 5.32 Å². The Hall–Kier alpha value is -1.91. The van der Waals surface area contributed by atoms with Crippen molar-refractivity contribution in [3.63, 3.8) is 0 Å². The van der Waals surface area contributed by atoms with Crippen LogP contribution in [0.15, 0.2) is 18.3 Å². The second kappa shape index (κ2) is 3.30. The third-order valence-corrected chi connectivity index (χ3v) is 2.86. The standard InChI is InChI=1S/C11H12N4O/c1-7(16)13-9-4-6-15-10-8(14-11(9)15)3-2-5-12-10/h2-3,5,9H,4,6H2,1H3,(H,13,16). The molecular formula is C11H12N4O. The van der Waals surface area contributed by atoms with Crippen molar-refractivity contribution < 1.29 is 4.79 Å². The van der Waals surface area contributed by atoms with Crippen LogP contribution in [0.25, 0.3) is 11.2 Å². The van der Waals surface area contributed by atoms with Gasteiger partial charge in [0.2, 0.25) is 5.91 Å². The van der Waals surface area contributed by atoms with E-state index in [1.54, 1.807) is 6.20 Å². The fourth-order valence-corrected chi connectivity index (χ4v) is 2.23. The van der Waals surface area contributed by atoms with E-state index in [1.807, 2.05) is 12.1 Å². The second-order valence-corrected chi connectivity index (χ2v) is 4.01. The Morgan fingerprint density at radius 2 is 2.50 bits per heavy atom. The molecule has 1 unspecified atom stereocenters. The van der Waals surface area contributed by atoms with Gasteiger partial charge in [-0.3, -0.25) is 4.79 Å². The molecule has 0 saturated heterocycles. The van der Waals surface area contributed by atoms with Crippen LogP contribution in [0.1, 0.15) is 25.2 Å². The molecule has 1 N–H and O–H groups in total. The van der Waals surface area contributed by atoms with Crippen molar-refractivity contribution in [2.45, 2.75) is 25.9 Å². The molecule has 1 aliphatic heterocycles. The van der Waals surface area contributed by atoms with E-state index in [2.05, 4.69) is 19.9 Å². The minimum absolute atomic E-state index is 0.0153. The first-order valence-electron chi connectivity index (χ1n) is 5.34. The maximum atomic E-state index is 11.1. The number of carbonyl (C=O) groups excluding carboxylic acids is 1. The molecule has 0 fully saturated rings. The maximum absolute atomic E-state index is 11.1. The van der Waals surface area contributed by atoms with E-state index in [9.17, 15) is 4.79 Å². The van der Waals surface area contributed by atoms with Gasteiger partial charge in [0, 0.05) is 19.7 Å². The number of pyridine rings is 1. The Morgan fingerprint density at radius 1 is 1.62 bits per heavy atom. The van der Waals surface area contributed by atoms with Crippen LogP contribution in [0.5, 0.6) is 0 Å². The normalized spacial score (nSPS) is 18.7. The van der Waals surface area contributed by atoms with Gasteiger partial charge in [0.25, 0.3) is 0 Å². The van der Waals surface area contributed by atoms with Crippen LogP contribution in [0.3, 0.4) is 0 Å². The summed E-state index contributed by atoms with van der Waals surface area (Å²) >= 11 is 0. The molecule has 16 heavy (non-hydrogen) atoms. The predicted octanol–water partition coefficient (Wildman–Crippen LogP) is 1.01. The number of nitrogens with one attached hydrogen (secondary N) is 1. The largest absolute Gasteiger partial charge is 0.346 e. The molecule has 3 heterocycles. The summed E-state index contributed by atoms with van der Waals surface area (Å²) in [6.07, 6.45) is 2.66. The van der Waals surface area contributed by atoms with Crippen LogP contribution in [-0.4, -0.2) is 20.4 Å². The van der Waals surface area contributed by atoms with E-state index in [4.69, 9.17) is 0 Å². The third kappa shape index (κ3) is 1.28. The van der Waals surface area contributed by atoms with Gasteiger partial charge in [-0.1, -0.05) is 0 Å². The number of hydrogen-bond donors (Lipinski definition) is 1. The molecule has 2 aromatic heterocycles. The highest BCUT2D eigenvalue weighted by atomic mass is 16.1. The molecule has 0 radical (unpaired) electrons. The van der Waals surface area contributed by atoms with Crippen LogP contribution in [0.4, 0.5) is 0 Å². The van der Waals surface area contributed by atoms with Crippen molar-refractivity contribution in [3.05, 3.63) is 24.2 Å². The minimum atomic E-state index is -0.0153. The number of hydrogen-bond acceptors (Lipinski definition) is 3. The summed E-state index contributed by atoms with van der Waals surface area (Å²) in [5.41, 5.74) is 1.80. The maximum Gasteiger partial charge on any atom is 0.217 e. The monoisotopic (exact) mass is 216 g/mol. The van der Waals surface area contributed by atoms with Crippen LogP contribution in [0, 0.1) is 0 Å². The number of amides is 1. The van der Waals surface area contributed by atoms with Crippen molar-refractivity contribution in [1.29, 1.82) is 0 Å². The van der Waals surface area contributed by atoms with E-state index in [1.165, 1.54) is 6.92 Å². The van der Waals surface area contributed by atoms with Gasteiger partial charge in [-0.2, -0.15) is 0 Å². The van der Waals surface area contributed by atoms with Gasteiger partial charge in [0.05, 0.1) is 6.04 Å². The molecule has 1 amide bonds. The highest BCUT2D eigenvalue weighted by molar-refractivity contribution is 5.75. The van der Waals surface area contributed by atoms with Crippen LogP contribution in [0.2, 0.25) is 0 Å². The van der Waals surface area contributed by atoms with Crippen molar-refractivity contribution >= 4 is 17.1 Å². The van der Waals surface area contributed by atoms with Gasteiger partial charge in [-0.25, -0.2) is 9.97 Å². The summed E-state index contributed by atoms with van der Waals surface area (Å²) in [6, 6.07) is 3.85. The lowest BCUT2D eigenvalue weighted by atomic mass is 10.2. The van der Waals surface area contributed by atoms with Crippen molar-refractivity contribution in [3.8, 4) is 0 Å². The number of nitrogens with zero attached hydrogens (tertiary/aromatic N) is 3. The van der Waals surface area contributed by atoms with Gasteiger partial charge in [0.1, 0.15) is 11.3 Å². The summed E-state index contributed by atoms with van der Waals surface area (Å²) in [5, 5.41) is 2.91. The zero-order chi connectivity index (χ0) is 11.1. The number of aromatic nitrogens is 3. The smallest absolute Gasteiger partial charge is 0.217 e. The number of aryl methyl sites for hydroxylation is 1. The number of rotatable bonds is 1. The zero-order valence-electron chi connectivity index (χ0n) is 8.97. The molecule has 2 aromatic rings. The minimum Gasteiger partial charge on any atom is -0.346 e. The number of carbonyl (C=O) groups is 1. The van der Waals surface area contributed by atoms with Gasteiger partial charge >= 0.3 is 0 Å². The lowest BCUT2D eigenvalue weighted by Crippen LogP contribution is -2.24. The van der Waals surface area contributed by atoms with Crippen molar-refractivity contribution in [1.82, 2.24) is 19.9 Å². The number of imidazole rings is 1. The molecule has 0 spiro atoms. The van der Waals surface area contributed by atoms with Crippen molar-refractivity contribution in [2.75, 3.05) is 0 Å². The van der Waals surface area contributed by atoms with Crippen LogP contribution >= 0.6 is 0 Å². The second-order valence-electron chi connectivity index (χ2n) is 4.01. The first-order valence-corrected chi connectivity index (χ1v) is 5.34. The SMILES string of the molecule is CC(=O)NC1CCn2c1nc1cccnc12. The Labute approximate surface area is 92.5 Å². The quantitative estimate of drug-likeness (QED) is 0.774. The van der Waals surface area contributed by atoms with Crippen LogP contribution in [-0.2, 0) is 11.3 Å². The Bertz CT molecular complexity index is 560. The van der Waals surface area contributed by atoms with E-state index in [-0.39, 0.29) is 11.9 Å². The average molecular weight is 216 g/mol. The fourth-order valence-electron chi connectivity index (χ4n) is 2.23. The molecule has 0 aliphatic carbocycles. The molecule has 0 aromatic carbocycles. The molecule has 5 nitrogen and oxygen atoms in total. The van der Waals surface area contributed by atoms with E-state index >= 15 is 0 Å². The molecule has 3 rings (SSSR count). The average Bonchev–Trinajstić information content (AvgIpc) is 2.78. The Morgan fingerprint density at radius 3 is 3.31 bits per heavy atom. The molecule has 82 valence electrons. The van der Waals surface area contributed by atoms with Gasteiger partial charge in [0.15, 0.2) is 5.65 Å². The lowest BCUT2D eigenvalue weighted by Gasteiger charge is -2.07. The first kappa shape index (κ1) is 9.33. The lowest BCUT2D eigenvalue weighted by molar-refractivity contribution is -0.119. The van der Waals surface area contributed by atoms with Gasteiger partial charge in [-0.15, -0.1) is 0 Å². The summed E-state index contributed by atoms with van der Waals surface area (Å²) in [7, 11) is 0. The molecule has 5 heteroatoms. The fraction of sp³-hybridized carbons (Fsp3) is 0.364. The van der Waals surface area contributed by atoms with Crippen molar-refractivity contribution in [2.24, 2.45) is 0 Å². The molecule has 1 aliphatic rings. The molecule has 0 bridgehead atoms. The summed E-state index contributed by atoms with van der Waals surface area (Å²) < 4.78 is 2.08. The predicted molar refractivity (Wildman–Crippen MR) is 58.7 cm³/mol. The Kier molecular flexibility index (Phi) is 1.92. The number of fused-ring (bicyclic) bond motifs is 3. The van der Waals surface area contributed by atoms with E-state index in [0.717, 1.165) is 30.0 Å². The highest BCUT2D eigenvalue weighted by Gasteiger charge is 2.27. The molecule has 0 saturated carbocycles. The first-order chi connectivity index (χ1) is 7.75. The highest BCUT2D eigenvalue weighted by Crippen LogP contribution is 2.28.